The Kier molecular flexibility index (Phi) is 5.04. The van der Waals surface area contributed by atoms with Crippen LogP contribution in [0.5, 0.6) is 11.5 Å². The lowest BCUT2D eigenvalue weighted by atomic mass is 10.1. The first-order valence-electron chi connectivity index (χ1n) is 6.41. The molecule has 1 unspecified atom stereocenters. The SMILES string of the molecule is COc1cccc(C(CN)Oc2ccc(Br)c(C)c2)c1. The molecular weight excluding hydrogens is 318 g/mol. The van der Waals surface area contributed by atoms with Crippen molar-refractivity contribution in [2.45, 2.75) is 13.0 Å². The van der Waals surface area contributed by atoms with Gasteiger partial charge in [-0.3, -0.25) is 0 Å². The number of aryl methyl sites for hydroxylation is 1. The van der Waals surface area contributed by atoms with Crippen molar-refractivity contribution in [2.75, 3.05) is 13.7 Å². The minimum atomic E-state index is -0.189. The van der Waals surface area contributed by atoms with Crippen molar-refractivity contribution in [3.05, 3.63) is 58.1 Å². The van der Waals surface area contributed by atoms with E-state index in [-0.39, 0.29) is 6.10 Å². The average Bonchev–Trinajstić information content (AvgIpc) is 2.48. The summed E-state index contributed by atoms with van der Waals surface area (Å²) >= 11 is 3.48. The number of ether oxygens (including phenoxy) is 2. The zero-order valence-electron chi connectivity index (χ0n) is 11.6. The van der Waals surface area contributed by atoms with Crippen molar-refractivity contribution < 1.29 is 9.47 Å². The minimum absolute atomic E-state index is 0.189. The lowest BCUT2D eigenvalue weighted by Crippen LogP contribution is -2.18. The van der Waals surface area contributed by atoms with Crippen LogP contribution in [0.2, 0.25) is 0 Å². The molecule has 0 aliphatic rings. The first-order chi connectivity index (χ1) is 9.63. The van der Waals surface area contributed by atoms with E-state index in [0.29, 0.717) is 6.54 Å². The summed E-state index contributed by atoms with van der Waals surface area (Å²) in [5, 5.41) is 0. The van der Waals surface area contributed by atoms with Crippen molar-refractivity contribution in [2.24, 2.45) is 5.73 Å². The molecule has 0 saturated carbocycles. The molecule has 2 aromatic rings. The number of hydrogen-bond donors (Lipinski definition) is 1. The summed E-state index contributed by atoms with van der Waals surface area (Å²) in [6.45, 7) is 2.43. The lowest BCUT2D eigenvalue weighted by molar-refractivity contribution is 0.213. The highest BCUT2D eigenvalue weighted by Gasteiger charge is 2.12. The van der Waals surface area contributed by atoms with Gasteiger partial charge in [0.1, 0.15) is 17.6 Å². The van der Waals surface area contributed by atoms with Gasteiger partial charge in [0.25, 0.3) is 0 Å². The van der Waals surface area contributed by atoms with Gasteiger partial charge in [0.15, 0.2) is 0 Å². The van der Waals surface area contributed by atoms with Crippen molar-refractivity contribution in [1.82, 2.24) is 0 Å². The fourth-order valence-corrected chi connectivity index (χ4v) is 2.20. The van der Waals surface area contributed by atoms with Crippen LogP contribution in [0, 0.1) is 6.92 Å². The van der Waals surface area contributed by atoms with E-state index in [1.807, 2.05) is 49.4 Å². The highest BCUT2D eigenvalue weighted by Crippen LogP contribution is 2.27. The van der Waals surface area contributed by atoms with E-state index in [1.54, 1.807) is 7.11 Å². The molecular formula is C16H18BrNO2. The van der Waals surface area contributed by atoms with E-state index in [1.165, 1.54) is 0 Å². The maximum atomic E-state index is 5.98. The van der Waals surface area contributed by atoms with Crippen molar-refractivity contribution >= 4 is 15.9 Å². The van der Waals surface area contributed by atoms with Crippen molar-refractivity contribution in [1.29, 1.82) is 0 Å². The van der Waals surface area contributed by atoms with E-state index in [0.717, 1.165) is 27.1 Å². The monoisotopic (exact) mass is 335 g/mol. The number of halogens is 1. The predicted octanol–water partition coefficient (Wildman–Crippen LogP) is 3.84. The smallest absolute Gasteiger partial charge is 0.136 e. The van der Waals surface area contributed by atoms with Gasteiger partial charge in [0.2, 0.25) is 0 Å². The van der Waals surface area contributed by atoms with Gasteiger partial charge in [-0.1, -0.05) is 28.1 Å². The van der Waals surface area contributed by atoms with Crippen LogP contribution in [-0.2, 0) is 0 Å². The topological polar surface area (TPSA) is 44.5 Å². The van der Waals surface area contributed by atoms with Crippen LogP contribution >= 0.6 is 15.9 Å². The Hall–Kier alpha value is -1.52. The Labute approximate surface area is 127 Å². The fourth-order valence-electron chi connectivity index (χ4n) is 1.95. The predicted molar refractivity (Wildman–Crippen MR) is 84.3 cm³/mol. The van der Waals surface area contributed by atoms with Crippen LogP contribution in [0.1, 0.15) is 17.2 Å². The highest BCUT2D eigenvalue weighted by atomic mass is 79.9. The van der Waals surface area contributed by atoms with Gasteiger partial charge in [-0.25, -0.2) is 0 Å². The van der Waals surface area contributed by atoms with Crippen LogP contribution in [0.3, 0.4) is 0 Å². The number of nitrogens with two attached hydrogens (primary N) is 1. The minimum Gasteiger partial charge on any atom is -0.497 e. The second kappa shape index (κ2) is 6.77. The van der Waals surface area contributed by atoms with E-state index in [9.17, 15) is 0 Å². The molecule has 106 valence electrons. The molecule has 0 radical (unpaired) electrons. The summed E-state index contributed by atoms with van der Waals surface area (Å²) in [7, 11) is 1.65. The molecule has 2 N–H and O–H groups in total. The Bertz CT molecular complexity index is 586. The molecule has 0 saturated heterocycles. The van der Waals surface area contributed by atoms with E-state index < -0.39 is 0 Å². The number of methoxy groups -OCH3 is 1. The summed E-state index contributed by atoms with van der Waals surface area (Å²) in [6, 6.07) is 13.7. The summed E-state index contributed by atoms with van der Waals surface area (Å²) in [6.07, 6.45) is -0.189. The van der Waals surface area contributed by atoms with Crippen LogP contribution < -0.4 is 15.2 Å². The maximum Gasteiger partial charge on any atom is 0.136 e. The molecule has 0 spiro atoms. The normalized spacial score (nSPS) is 12.0. The van der Waals surface area contributed by atoms with Crippen molar-refractivity contribution in [3.63, 3.8) is 0 Å². The number of hydrogen-bond acceptors (Lipinski definition) is 3. The summed E-state index contributed by atoms with van der Waals surface area (Å²) < 4.78 is 12.3. The van der Waals surface area contributed by atoms with Gasteiger partial charge < -0.3 is 15.2 Å². The first kappa shape index (κ1) is 14.9. The molecule has 2 aromatic carbocycles. The number of benzene rings is 2. The van der Waals surface area contributed by atoms with Crippen LogP contribution in [-0.4, -0.2) is 13.7 Å². The van der Waals surface area contributed by atoms with Gasteiger partial charge in [-0.05, 0) is 48.4 Å². The summed E-state index contributed by atoms with van der Waals surface area (Å²) in [5.41, 5.74) is 7.97. The quantitative estimate of drug-likeness (QED) is 0.902. The molecule has 0 aromatic heterocycles. The summed E-state index contributed by atoms with van der Waals surface area (Å²) in [5.74, 6) is 1.61. The second-order valence-corrected chi connectivity index (χ2v) is 5.38. The largest absolute Gasteiger partial charge is 0.497 e. The third-order valence-electron chi connectivity index (χ3n) is 3.09. The molecule has 0 heterocycles. The third-order valence-corrected chi connectivity index (χ3v) is 3.98. The zero-order chi connectivity index (χ0) is 14.5. The first-order valence-corrected chi connectivity index (χ1v) is 7.20. The molecule has 4 heteroatoms. The molecule has 0 amide bonds. The molecule has 0 aliphatic heterocycles. The van der Waals surface area contributed by atoms with Gasteiger partial charge in [0.05, 0.1) is 7.11 Å². The Morgan fingerprint density at radius 1 is 1.15 bits per heavy atom. The maximum absolute atomic E-state index is 5.98. The molecule has 0 bridgehead atoms. The number of rotatable bonds is 5. The van der Waals surface area contributed by atoms with Crippen LogP contribution in [0.25, 0.3) is 0 Å². The fraction of sp³-hybridized carbons (Fsp3) is 0.250. The Morgan fingerprint density at radius 3 is 2.60 bits per heavy atom. The molecule has 0 fully saturated rings. The summed E-state index contributed by atoms with van der Waals surface area (Å²) in [4.78, 5) is 0. The molecule has 0 aliphatic carbocycles. The molecule has 1 atom stereocenters. The van der Waals surface area contributed by atoms with Gasteiger partial charge in [0, 0.05) is 11.0 Å². The second-order valence-electron chi connectivity index (χ2n) is 4.53. The molecule has 2 rings (SSSR count). The van der Waals surface area contributed by atoms with E-state index in [2.05, 4.69) is 15.9 Å². The van der Waals surface area contributed by atoms with Crippen molar-refractivity contribution in [3.8, 4) is 11.5 Å². The average molecular weight is 336 g/mol. The van der Waals surface area contributed by atoms with Gasteiger partial charge >= 0.3 is 0 Å². The Balaban J connectivity index is 2.21. The van der Waals surface area contributed by atoms with Gasteiger partial charge in [-0.15, -0.1) is 0 Å². The lowest BCUT2D eigenvalue weighted by Gasteiger charge is -2.19. The van der Waals surface area contributed by atoms with E-state index >= 15 is 0 Å². The van der Waals surface area contributed by atoms with Gasteiger partial charge in [-0.2, -0.15) is 0 Å². The molecule has 20 heavy (non-hydrogen) atoms. The molecule has 3 nitrogen and oxygen atoms in total. The van der Waals surface area contributed by atoms with E-state index in [4.69, 9.17) is 15.2 Å². The highest BCUT2D eigenvalue weighted by molar-refractivity contribution is 9.10. The standard InChI is InChI=1S/C16H18BrNO2/c1-11-8-14(6-7-15(11)17)20-16(10-18)12-4-3-5-13(9-12)19-2/h3-9,16H,10,18H2,1-2H3. The Morgan fingerprint density at radius 2 is 1.95 bits per heavy atom. The third kappa shape index (κ3) is 3.52. The van der Waals surface area contributed by atoms with Crippen LogP contribution in [0.4, 0.5) is 0 Å². The zero-order valence-corrected chi connectivity index (χ0v) is 13.2. The van der Waals surface area contributed by atoms with Crippen LogP contribution in [0.15, 0.2) is 46.9 Å².